The number of nitrogens with one attached hydrogen (secondary N) is 1. The molecule has 1 unspecified atom stereocenters. The van der Waals surface area contributed by atoms with Gasteiger partial charge in [-0.1, -0.05) is 20.8 Å². The Morgan fingerprint density at radius 2 is 1.93 bits per heavy atom. The number of carboxylic acid groups (broad SMARTS) is 1. The predicted molar refractivity (Wildman–Crippen MR) is 57.4 cm³/mol. The molecule has 2 N–H and O–H groups in total. The first kappa shape index (κ1) is 13.3. The van der Waals surface area contributed by atoms with Gasteiger partial charge in [0.05, 0.1) is 0 Å². The van der Waals surface area contributed by atoms with E-state index < -0.39 is 17.4 Å². The molecule has 14 heavy (non-hydrogen) atoms. The van der Waals surface area contributed by atoms with Crippen LogP contribution in [0.1, 0.15) is 20.8 Å². The maximum absolute atomic E-state index is 11.5. The van der Waals surface area contributed by atoms with Gasteiger partial charge in [-0.05, 0) is 6.26 Å². The zero-order chi connectivity index (χ0) is 11.4. The SMILES string of the molecule is CSCC(NC(=O)C(C)(C)C)C(=O)O. The van der Waals surface area contributed by atoms with Gasteiger partial charge in [0, 0.05) is 11.2 Å². The summed E-state index contributed by atoms with van der Waals surface area (Å²) in [6, 6.07) is -0.795. The second-order valence-corrected chi connectivity index (χ2v) is 4.98. The van der Waals surface area contributed by atoms with Crippen molar-refractivity contribution in [3.05, 3.63) is 0 Å². The molecule has 0 fully saturated rings. The molecule has 0 heterocycles. The fraction of sp³-hybridized carbons (Fsp3) is 0.778. The fourth-order valence-electron chi connectivity index (χ4n) is 0.716. The van der Waals surface area contributed by atoms with Crippen molar-refractivity contribution >= 4 is 23.6 Å². The maximum Gasteiger partial charge on any atom is 0.327 e. The van der Waals surface area contributed by atoms with Gasteiger partial charge in [0.25, 0.3) is 0 Å². The van der Waals surface area contributed by atoms with E-state index in [2.05, 4.69) is 5.32 Å². The fourth-order valence-corrected chi connectivity index (χ4v) is 1.28. The number of carbonyl (C=O) groups excluding carboxylic acids is 1. The van der Waals surface area contributed by atoms with Gasteiger partial charge >= 0.3 is 5.97 Å². The topological polar surface area (TPSA) is 66.4 Å². The van der Waals surface area contributed by atoms with Crippen LogP contribution in [0, 0.1) is 5.41 Å². The highest BCUT2D eigenvalue weighted by atomic mass is 32.2. The van der Waals surface area contributed by atoms with Crippen LogP contribution in [-0.2, 0) is 9.59 Å². The number of aliphatic carboxylic acids is 1. The molecule has 0 rings (SSSR count). The normalized spacial score (nSPS) is 13.4. The summed E-state index contributed by atoms with van der Waals surface area (Å²) in [5.41, 5.74) is -0.549. The molecule has 0 aliphatic heterocycles. The molecular formula is C9H17NO3S. The molecule has 1 amide bonds. The van der Waals surface area contributed by atoms with Crippen LogP contribution in [0.2, 0.25) is 0 Å². The quantitative estimate of drug-likeness (QED) is 0.739. The standard InChI is InChI=1S/C9H17NO3S/c1-9(2,3)8(13)10-6(5-14-4)7(11)12/h6H,5H2,1-4H3,(H,10,13)(H,11,12). The molecule has 1 atom stereocenters. The van der Waals surface area contributed by atoms with Crippen molar-refractivity contribution < 1.29 is 14.7 Å². The van der Waals surface area contributed by atoms with Crippen molar-refractivity contribution in [2.45, 2.75) is 26.8 Å². The minimum absolute atomic E-state index is 0.237. The number of thioether (sulfide) groups is 1. The lowest BCUT2D eigenvalue weighted by Crippen LogP contribution is -2.47. The molecule has 0 saturated carbocycles. The third kappa shape index (κ3) is 4.50. The van der Waals surface area contributed by atoms with E-state index in [4.69, 9.17) is 5.11 Å². The smallest absolute Gasteiger partial charge is 0.327 e. The Balaban J connectivity index is 4.31. The third-order valence-corrected chi connectivity index (χ3v) is 2.28. The Hall–Kier alpha value is -0.710. The van der Waals surface area contributed by atoms with E-state index >= 15 is 0 Å². The van der Waals surface area contributed by atoms with Gasteiger partial charge in [0.2, 0.25) is 5.91 Å². The van der Waals surface area contributed by atoms with Crippen LogP contribution in [-0.4, -0.2) is 35.0 Å². The number of rotatable bonds is 4. The summed E-state index contributed by atoms with van der Waals surface area (Å²) >= 11 is 1.40. The molecule has 0 spiro atoms. The molecule has 0 aliphatic carbocycles. The average molecular weight is 219 g/mol. The summed E-state index contributed by atoms with van der Waals surface area (Å²) in [4.78, 5) is 22.2. The van der Waals surface area contributed by atoms with Crippen LogP contribution in [0.25, 0.3) is 0 Å². The lowest BCUT2D eigenvalue weighted by Gasteiger charge is -2.21. The number of carbonyl (C=O) groups is 2. The number of carboxylic acids is 1. The highest BCUT2D eigenvalue weighted by Gasteiger charge is 2.26. The summed E-state index contributed by atoms with van der Waals surface area (Å²) in [6.45, 7) is 5.25. The van der Waals surface area contributed by atoms with E-state index in [9.17, 15) is 9.59 Å². The average Bonchev–Trinajstić information content (AvgIpc) is 2.01. The van der Waals surface area contributed by atoms with Crippen LogP contribution in [0.3, 0.4) is 0 Å². The summed E-state index contributed by atoms with van der Waals surface area (Å²) in [5, 5.41) is 11.3. The highest BCUT2D eigenvalue weighted by molar-refractivity contribution is 7.98. The Morgan fingerprint density at radius 3 is 2.21 bits per heavy atom. The van der Waals surface area contributed by atoms with Crippen LogP contribution in [0.5, 0.6) is 0 Å². The van der Waals surface area contributed by atoms with Crippen molar-refractivity contribution in [1.29, 1.82) is 0 Å². The zero-order valence-corrected chi connectivity index (χ0v) is 9.77. The van der Waals surface area contributed by atoms with Crippen molar-refractivity contribution in [1.82, 2.24) is 5.32 Å². The van der Waals surface area contributed by atoms with Crippen LogP contribution in [0.4, 0.5) is 0 Å². The molecule has 5 heteroatoms. The van der Waals surface area contributed by atoms with E-state index in [0.29, 0.717) is 5.75 Å². The Kier molecular flexibility index (Phi) is 4.97. The largest absolute Gasteiger partial charge is 0.480 e. The summed E-state index contributed by atoms with van der Waals surface area (Å²) in [5.74, 6) is -0.840. The summed E-state index contributed by atoms with van der Waals surface area (Å²) in [6.07, 6.45) is 1.80. The molecule has 4 nitrogen and oxygen atoms in total. The van der Waals surface area contributed by atoms with E-state index in [0.717, 1.165) is 0 Å². The second-order valence-electron chi connectivity index (χ2n) is 4.07. The monoisotopic (exact) mass is 219 g/mol. The number of hydrogen-bond acceptors (Lipinski definition) is 3. The Bertz CT molecular complexity index is 223. The van der Waals surface area contributed by atoms with E-state index in [1.54, 1.807) is 27.0 Å². The molecule has 0 aliphatic rings. The first-order valence-corrected chi connectivity index (χ1v) is 5.71. The van der Waals surface area contributed by atoms with Crippen LogP contribution >= 0.6 is 11.8 Å². The minimum Gasteiger partial charge on any atom is -0.480 e. The van der Waals surface area contributed by atoms with Gasteiger partial charge in [0.1, 0.15) is 6.04 Å². The molecule has 0 saturated heterocycles. The second kappa shape index (κ2) is 5.24. The molecule has 0 bridgehead atoms. The Morgan fingerprint density at radius 1 is 1.43 bits per heavy atom. The molecule has 0 radical (unpaired) electrons. The number of amides is 1. The lowest BCUT2D eigenvalue weighted by atomic mass is 9.95. The van der Waals surface area contributed by atoms with Gasteiger partial charge in [-0.3, -0.25) is 4.79 Å². The summed E-state index contributed by atoms with van der Waals surface area (Å²) in [7, 11) is 0. The lowest BCUT2D eigenvalue weighted by molar-refractivity contribution is -0.142. The van der Waals surface area contributed by atoms with Crippen LogP contribution in [0.15, 0.2) is 0 Å². The predicted octanol–water partition coefficient (Wildman–Crippen LogP) is 0.965. The van der Waals surface area contributed by atoms with Gasteiger partial charge < -0.3 is 10.4 Å². The molecule has 82 valence electrons. The molecule has 0 aromatic rings. The minimum atomic E-state index is -0.989. The molecule has 0 aromatic heterocycles. The zero-order valence-electron chi connectivity index (χ0n) is 8.96. The maximum atomic E-state index is 11.5. The van der Waals surface area contributed by atoms with Crippen molar-refractivity contribution in [2.24, 2.45) is 5.41 Å². The van der Waals surface area contributed by atoms with Crippen molar-refractivity contribution in [3.63, 3.8) is 0 Å². The van der Waals surface area contributed by atoms with Gasteiger partial charge in [0.15, 0.2) is 0 Å². The van der Waals surface area contributed by atoms with Gasteiger partial charge in [-0.15, -0.1) is 0 Å². The molecular weight excluding hydrogens is 202 g/mol. The van der Waals surface area contributed by atoms with Crippen molar-refractivity contribution in [3.8, 4) is 0 Å². The Labute approximate surface area is 88.4 Å². The first-order chi connectivity index (χ1) is 6.29. The molecule has 0 aromatic carbocycles. The first-order valence-electron chi connectivity index (χ1n) is 4.31. The van der Waals surface area contributed by atoms with E-state index in [-0.39, 0.29) is 5.91 Å². The summed E-state index contributed by atoms with van der Waals surface area (Å²) < 4.78 is 0. The van der Waals surface area contributed by atoms with Crippen LogP contribution < -0.4 is 5.32 Å². The van der Waals surface area contributed by atoms with Crippen molar-refractivity contribution in [2.75, 3.05) is 12.0 Å². The third-order valence-electron chi connectivity index (χ3n) is 1.62. The number of hydrogen-bond donors (Lipinski definition) is 2. The van der Waals surface area contributed by atoms with Gasteiger partial charge in [-0.2, -0.15) is 11.8 Å². The van der Waals surface area contributed by atoms with E-state index in [1.165, 1.54) is 11.8 Å². The highest BCUT2D eigenvalue weighted by Crippen LogP contribution is 2.13. The van der Waals surface area contributed by atoms with Gasteiger partial charge in [-0.25, -0.2) is 4.79 Å². The van der Waals surface area contributed by atoms with E-state index in [1.807, 2.05) is 0 Å².